The molecule has 0 aliphatic rings. The molecule has 2 N–H and O–H groups in total. The molecule has 0 aliphatic carbocycles. The van der Waals surface area contributed by atoms with Crippen LogP contribution in [0.4, 0.5) is 0 Å². The predicted molar refractivity (Wildman–Crippen MR) is 83.7 cm³/mol. The summed E-state index contributed by atoms with van der Waals surface area (Å²) in [5.41, 5.74) is 3.46. The van der Waals surface area contributed by atoms with Crippen LogP contribution in [0.5, 0.6) is 0 Å². The number of aliphatic hydroxyl groups excluding tert-OH is 1. The van der Waals surface area contributed by atoms with E-state index in [0.29, 0.717) is 12.6 Å². The van der Waals surface area contributed by atoms with Crippen LogP contribution in [-0.2, 0) is 6.42 Å². The van der Waals surface area contributed by atoms with Crippen molar-refractivity contribution in [2.45, 2.75) is 32.4 Å². The Labute approximate surface area is 121 Å². The molecule has 2 nitrogen and oxygen atoms in total. The van der Waals surface area contributed by atoms with Gasteiger partial charge >= 0.3 is 0 Å². The summed E-state index contributed by atoms with van der Waals surface area (Å²) in [5.74, 6) is 0. The molecule has 2 rings (SSSR count). The first kappa shape index (κ1) is 14.8. The second-order valence-corrected chi connectivity index (χ2v) is 5.37. The van der Waals surface area contributed by atoms with E-state index in [1.807, 2.05) is 37.3 Å². The molecule has 0 unspecified atom stereocenters. The molecular formula is C18H23NO. The van der Waals surface area contributed by atoms with Crippen LogP contribution in [0.15, 0.2) is 54.6 Å². The molecule has 0 radical (unpaired) electrons. The first-order valence-corrected chi connectivity index (χ1v) is 7.17. The normalized spacial score (nSPS) is 13.9. The van der Waals surface area contributed by atoms with Gasteiger partial charge < -0.3 is 10.4 Å². The van der Waals surface area contributed by atoms with Crippen molar-refractivity contribution in [2.24, 2.45) is 0 Å². The monoisotopic (exact) mass is 269 g/mol. The topological polar surface area (TPSA) is 32.3 Å². The highest BCUT2D eigenvalue weighted by molar-refractivity contribution is 5.27. The van der Waals surface area contributed by atoms with Crippen LogP contribution < -0.4 is 5.32 Å². The Morgan fingerprint density at radius 2 is 1.65 bits per heavy atom. The number of benzene rings is 2. The van der Waals surface area contributed by atoms with Gasteiger partial charge in [0.15, 0.2) is 0 Å². The zero-order chi connectivity index (χ0) is 14.4. The second-order valence-electron chi connectivity index (χ2n) is 5.37. The van der Waals surface area contributed by atoms with E-state index in [1.165, 1.54) is 5.56 Å². The summed E-state index contributed by atoms with van der Waals surface area (Å²) in [6, 6.07) is 18.8. The Hall–Kier alpha value is -1.64. The third-order valence-electron chi connectivity index (χ3n) is 3.59. The smallest absolute Gasteiger partial charge is 0.0917 e. The Morgan fingerprint density at radius 1 is 1.00 bits per heavy atom. The van der Waals surface area contributed by atoms with Crippen LogP contribution in [-0.4, -0.2) is 17.7 Å². The van der Waals surface area contributed by atoms with Crippen molar-refractivity contribution in [3.8, 4) is 0 Å². The van der Waals surface area contributed by atoms with Gasteiger partial charge in [-0.1, -0.05) is 54.6 Å². The number of rotatable bonds is 6. The van der Waals surface area contributed by atoms with Crippen molar-refractivity contribution in [1.29, 1.82) is 0 Å². The lowest BCUT2D eigenvalue weighted by molar-refractivity contribution is 0.170. The second kappa shape index (κ2) is 7.22. The lowest BCUT2D eigenvalue weighted by Gasteiger charge is -2.18. The molecule has 2 aromatic carbocycles. The summed E-state index contributed by atoms with van der Waals surface area (Å²) in [6.07, 6.45) is 0.524. The minimum Gasteiger partial charge on any atom is -0.387 e. The van der Waals surface area contributed by atoms with E-state index < -0.39 is 6.10 Å². The first-order valence-electron chi connectivity index (χ1n) is 7.17. The molecule has 0 aromatic heterocycles. The number of hydrogen-bond acceptors (Lipinski definition) is 2. The molecule has 0 saturated heterocycles. The van der Waals surface area contributed by atoms with E-state index in [2.05, 4.69) is 36.5 Å². The molecule has 0 fully saturated rings. The van der Waals surface area contributed by atoms with Crippen molar-refractivity contribution in [2.75, 3.05) is 6.54 Å². The molecule has 0 spiro atoms. The summed E-state index contributed by atoms with van der Waals surface area (Å²) in [7, 11) is 0. The van der Waals surface area contributed by atoms with Crippen molar-refractivity contribution < 1.29 is 5.11 Å². The highest BCUT2D eigenvalue weighted by Crippen LogP contribution is 2.16. The molecule has 0 amide bonds. The van der Waals surface area contributed by atoms with Gasteiger partial charge in [0.2, 0.25) is 0 Å². The fourth-order valence-electron chi connectivity index (χ4n) is 2.42. The standard InChI is InChI=1S/C18H23NO/c1-14-8-6-7-11-17(14)18(20)13-19-15(2)12-16-9-4-3-5-10-16/h3-11,15,18-20H,12-13H2,1-2H3/t15-,18+/m1/s1. The number of aryl methyl sites for hydroxylation is 1. The maximum atomic E-state index is 10.3. The van der Waals surface area contributed by atoms with Gasteiger partial charge in [-0.2, -0.15) is 0 Å². The summed E-state index contributed by atoms with van der Waals surface area (Å²) < 4.78 is 0. The molecule has 2 heteroatoms. The molecule has 20 heavy (non-hydrogen) atoms. The predicted octanol–water partition coefficient (Wildman–Crippen LogP) is 3.25. The molecule has 0 saturated carbocycles. The number of hydrogen-bond donors (Lipinski definition) is 2. The van der Waals surface area contributed by atoms with Gasteiger partial charge in [0, 0.05) is 12.6 Å². The summed E-state index contributed by atoms with van der Waals surface area (Å²) >= 11 is 0. The van der Waals surface area contributed by atoms with Crippen LogP contribution in [0.2, 0.25) is 0 Å². The Kier molecular flexibility index (Phi) is 5.33. The van der Waals surface area contributed by atoms with E-state index >= 15 is 0 Å². The fraction of sp³-hybridized carbons (Fsp3) is 0.333. The lowest BCUT2D eigenvalue weighted by Crippen LogP contribution is -2.32. The van der Waals surface area contributed by atoms with Gasteiger partial charge in [0.1, 0.15) is 0 Å². The van der Waals surface area contributed by atoms with Crippen LogP contribution >= 0.6 is 0 Å². The van der Waals surface area contributed by atoms with Gasteiger partial charge in [-0.15, -0.1) is 0 Å². The molecule has 2 aromatic rings. The van der Waals surface area contributed by atoms with Gasteiger partial charge in [-0.05, 0) is 37.0 Å². The molecule has 0 bridgehead atoms. The van der Waals surface area contributed by atoms with Crippen LogP contribution in [0, 0.1) is 6.92 Å². The van der Waals surface area contributed by atoms with Crippen molar-refractivity contribution in [3.05, 3.63) is 71.3 Å². The highest BCUT2D eigenvalue weighted by Gasteiger charge is 2.11. The molecule has 106 valence electrons. The fourth-order valence-corrected chi connectivity index (χ4v) is 2.42. The van der Waals surface area contributed by atoms with E-state index in [9.17, 15) is 5.11 Å². The molecular weight excluding hydrogens is 246 g/mol. The van der Waals surface area contributed by atoms with Gasteiger partial charge in [0.25, 0.3) is 0 Å². The molecule has 0 heterocycles. The van der Waals surface area contributed by atoms with E-state index in [4.69, 9.17) is 0 Å². The average Bonchev–Trinajstić information content (AvgIpc) is 2.46. The molecule has 0 aliphatic heterocycles. The number of nitrogens with one attached hydrogen (secondary N) is 1. The Morgan fingerprint density at radius 3 is 2.35 bits per heavy atom. The Balaban J connectivity index is 1.84. The van der Waals surface area contributed by atoms with Crippen LogP contribution in [0.3, 0.4) is 0 Å². The maximum absolute atomic E-state index is 10.3. The SMILES string of the molecule is Cc1ccccc1[C@@H](O)CN[C@H](C)Cc1ccccc1. The quantitative estimate of drug-likeness (QED) is 0.843. The van der Waals surface area contributed by atoms with Crippen molar-refractivity contribution >= 4 is 0 Å². The largest absolute Gasteiger partial charge is 0.387 e. The third-order valence-corrected chi connectivity index (χ3v) is 3.59. The van der Waals surface area contributed by atoms with Crippen molar-refractivity contribution in [3.63, 3.8) is 0 Å². The number of aliphatic hydroxyl groups is 1. The summed E-state index contributed by atoms with van der Waals surface area (Å²) in [6.45, 7) is 4.77. The summed E-state index contributed by atoms with van der Waals surface area (Å²) in [4.78, 5) is 0. The lowest BCUT2D eigenvalue weighted by atomic mass is 10.0. The van der Waals surface area contributed by atoms with E-state index in [-0.39, 0.29) is 0 Å². The van der Waals surface area contributed by atoms with Crippen LogP contribution in [0.25, 0.3) is 0 Å². The first-order chi connectivity index (χ1) is 9.66. The highest BCUT2D eigenvalue weighted by atomic mass is 16.3. The van der Waals surface area contributed by atoms with E-state index in [1.54, 1.807) is 0 Å². The zero-order valence-electron chi connectivity index (χ0n) is 12.2. The third kappa shape index (κ3) is 4.19. The summed E-state index contributed by atoms with van der Waals surface area (Å²) in [5, 5.41) is 13.7. The average molecular weight is 269 g/mol. The minimum absolute atomic E-state index is 0.344. The van der Waals surface area contributed by atoms with Gasteiger partial charge in [-0.25, -0.2) is 0 Å². The van der Waals surface area contributed by atoms with Gasteiger partial charge in [-0.3, -0.25) is 0 Å². The zero-order valence-corrected chi connectivity index (χ0v) is 12.2. The maximum Gasteiger partial charge on any atom is 0.0917 e. The van der Waals surface area contributed by atoms with Gasteiger partial charge in [0.05, 0.1) is 6.10 Å². The minimum atomic E-state index is -0.450. The molecule has 2 atom stereocenters. The van der Waals surface area contributed by atoms with E-state index in [0.717, 1.165) is 17.5 Å². The Bertz CT molecular complexity index is 524. The van der Waals surface area contributed by atoms with Crippen LogP contribution in [0.1, 0.15) is 29.7 Å². The van der Waals surface area contributed by atoms with Crippen molar-refractivity contribution in [1.82, 2.24) is 5.32 Å².